The molecule has 0 spiro atoms. The first-order chi connectivity index (χ1) is 8.46. The molecule has 0 amide bonds. The number of aryl methyl sites for hydroxylation is 1. The summed E-state index contributed by atoms with van der Waals surface area (Å²) in [6, 6.07) is 6.35. The number of hydrogen-bond donors (Lipinski definition) is 1. The number of benzene rings is 1. The van der Waals surface area contributed by atoms with E-state index in [2.05, 4.69) is 49.2 Å². The number of nitrogens with zero attached hydrogens (tertiary/aromatic N) is 1. The highest BCUT2D eigenvalue weighted by molar-refractivity contribution is 6.31. The van der Waals surface area contributed by atoms with Crippen LogP contribution in [0.25, 0.3) is 0 Å². The number of nitrogens with one attached hydrogen (secondary N) is 1. The molecule has 1 heterocycles. The summed E-state index contributed by atoms with van der Waals surface area (Å²) < 4.78 is 0. The van der Waals surface area contributed by atoms with Crippen molar-refractivity contribution < 1.29 is 0 Å². The van der Waals surface area contributed by atoms with Gasteiger partial charge in [-0.3, -0.25) is 4.90 Å². The SMILES string of the molecule is Cc1ccc(CN2CCCNC(C)(C)C2)c(Cl)c1. The van der Waals surface area contributed by atoms with Crippen molar-refractivity contribution in [2.75, 3.05) is 19.6 Å². The maximum atomic E-state index is 6.32. The van der Waals surface area contributed by atoms with Crippen molar-refractivity contribution in [2.45, 2.75) is 39.3 Å². The van der Waals surface area contributed by atoms with Crippen LogP contribution in [-0.2, 0) is 6.54 Å². The second kappa shape index (κ2) is 5.60. The van der Waals surface area contributed by atoms with E-state index in [1.54, 1.807) is 0 Å². The lowest BCUT2D eigenvalue weighted by molar-refractivity contribution is 0.224. The summed E-state index contributed by atoms with van der Waals surface area (Å²) >= 11 is 6.32. The van der Waals surface area contributed by atoms with Gasteiger partial charge in [0.25, 0.3) is 0 Å². The van der Waals surface area contributed by atoms with Crippen molar-refractivity contribution in [3.05, 3.63) is 34.3 Å². The Morgan fingerprint density at radius 2 is 2.17 bits per heavy atom. The van der Waals surface area contributed by atoms with E-state index in [9.17, 15) is 0 Å². The van der Waals surface area contributed by atoms with Crippen molar-refractivity contribution in [1.29, 1.82) is 0 Å². The summed E-state index contributed by atoms with van der Waals surface area (Å²) in [7, 11) is 0. The Balaban J connectivity index is 2.07. The highest BCUT2D eigenvalue weighted by Gasteiger charge is 2.24. The first-order valence-electron chi connectivity index (χ1n) is 6.69. The Hall–Kier alpha value is -0.570. The molecule has 0 saturated carbocycles. The number of rotatable bonds is 2. The Morgan fingerprint density at radius 3 is 2.89 bits per heavy atom. The van der Waals surface area contributed by atoms with Gasteiger partial charge in [0, 0.05) is 23.7 Å². The molecular weight excluding hydrogens is 244 g/mol. The van der Waals surface area contributed by atoms with Gasteiger partial charge in [-0.25, -0.2) is 0 Å². The minimum Gasteiger partial charge on any atom is -0.310 e. The van der Waals surface area contributed by atoms with Crippen molar-refractivity contribution in [1.82, 2.24) is 10.2 Å². The normalized spacial score (nSPS) is 20.7. The van der Waals surface area contributed by atoms with Crippen LogP contribution in [0.15, 0.2) is 18.2 Å². The van der Waals surface area contributed by atoms with E-state index in [-0.39, 0.29) is 5.54 Å². The molecule has 0 bridgehead atoms. The fourth-order valence-corrected chi connectivity index (χ4v) is 2.87. The summed E-state index contributed by atoms with van der Waals surface area (Å²) in [6.45, 7) is 10.9. The lowest BCUT2D eigenvalue weighted by Crippen LogP contribution is -2.46. The summed E-state index contributed by atoms with van der Waals surface area (Å²) in [4.78, 5) is 2.50. The molecule has 1 saturated heterocycles. The molecule has 2 nitrogen and oxygen atoms in total. The van der Waals surface area contributed by atoms with Crippen LogP contribution in [0.4, 0.5) is 0 Å². The molecule has 0 atom stereocenters. The van der Waals surface area contributed by atoms with Crippen molar-refractivity contribution in [3.8, 4) is 0 Å². The largest absolute Gasteiger partial charge is 0.310 e. The lowest BCUT2D eigenvalue weighted by Gasteiger charge is -2.30. The number of hydrogen-bond acceptors (Lipinski definition) is 2. The van der Waals surface area contributed by atoms with Gasteiger partial charge in [0.15, 0.2) is 0 Å². The molecule has 1 aromatic carbocycles. The Bertz CT molecular complexity index is 415. The first kappa shape index (κ1) is 13.9. The smallest absolute Gasteiger partial charge is 0.0453 e. The molecule has 1 aliphatic heterocycles. The lowest BCUT2D eigenvalue weighted by atomic mass is 10.1. The third-order valence-electron chi connectivity index (χ3n) is 3.48. The zero-order valence-corrected chi connectivity index (χ0v) is 12.3. The summed E-state index contributed by atoms with van der Waals surface area (Å²) in [6.07, 6.45) is 1.20. The zero-order chi connectivity index (χ0) is 13.2. The van der Waals surface area contributed by atoms with Crippen LogP contribution in [0, 0.1) is 6.92 Å². The zero-order valence-electron chi connectivity index (χ0n) is 11.6. The monoisotopic (exact) mass is 266 g/mol. The van der Waals surface area contributed by atoms with E-state index in [0.717, 1.165) is 31.2 Å². The van der Waals surface area contributed by atoms with Gasteiger partial charge in [0.05, 0.1) is 0 Å². The van der Waals surface area contributed by atoms with Gasteiger partial charge >= 0.3 is 0 Å². The molecule has 0 unspecified atom stereocenters. The van der Waals surface area contributed by atoms with Crippen LogP contribution >= 0.6 is 11.6 Å². The van der Waals surface area contributed by atoms with Crippen LogP contribution in [0.1, 0.15) is 31.4 Å². The van der Waals surface area contributed by atoms with Crippen molar-refractivity contribution in [2.24, 2.45) is 0 Å². The summed E-state index contributed by atoms with van der Waals surface area (Å²) in [5.41, 5.74) is 2.65. The van der Waals surface area contributed by atoms with E-state index < -0.39 is 0 Å². The number of halogens is 1. The van der Waals surface area contributed by atoms with Gasteiger partial charge in [-0.1, -0.05) is 23.7 Å². The Kier molecular flexibility index (Phi) is 4.31. The predicted octanol–water partition coefficient (Wildman–Crippen LogP) is 3.22. The molecule has 1 aromatic rings. The Labute approximate surface area is 115 Å². The van der Waals surface area contributed by atoms with Gasteiger partial charge in [-0.2, -0.15) is 0 Å². The minimum atomic E-state index is 0.188. The maximum Gasteiger partial charge on any atom is 0.0453 e. The fraction of sp³-hybridized carbons (Fsp3) is 0.600. The highest BCUT2D eigenvalue weighted by atomic mass is 35.5. The topological polar surface area (TPSA) is 15.3 Å². The van der Waals surface area contributed by atoms with Gasteiger partial charge in [-0.15, -0.1) is 0 Å². The molecule has 2 rings (SSSR count). The molecule has 1 aliphatic rings. The van der Waals surface area contributed by atoms with Crippen LogP contribution in [0.3, 0.4) is 0 Å². The van der Waals surface area contributed by atoms with E-state index in [4.69, 9.17) is 11.6 Å². The fourth-order valence-electron chi connectivity index (χ4n) is 2.58. The van der Waals surface area contributed by atoms with Crippen molar-refractivity contribution >= 4 is 11.6 Å². The van der Waals surface area contributed by atoms with Gasteiger partial charge < -0.3 is 5.32 Å². The van der Waals surface area contributed by atoms with Gasteiger partial charge in [0.2, 0.25) is 0 Å². The quantitative estimate of drug-likeness (QED) is 0.884. The van der Waals surface area contributed by atoms with Crippen LogP contribution in [0.2, 0.25) is 5.02 Å². The van der Waals surface area contributed by atoms with Gasteiger partial charge in [0.1, 0.15) is 0 Å². The second-order valence-corrected chi connectivity index (χ2v) is 6.38. The van der Waals surface area contributed by atoms with Crippen LogP contribution in [0.5, 0.6) is 0 Å². The molecule has 0 aliphatic carbocycles. The molecule has 18 heavy (non-hydrogen) atoms. The minimum absolute atomic E-state index is 0.188. The molecule has 0 radical (unpaired) electrons. The van der Waals surface area contributed by atoms with Crippen LogP contribution in [-0.4, -0.2) is 30.1 Å². The molecule has 1 fully saturated rings. The standard InChI is InChI=1S/C15H23ClN2/c1-12-5-6-13(14(16)9-12)10-18-8-4-7-17-15(2,3)11-18/h5-6,9,17H,4,7-8,10-11H2,1-3H3. The maximum absolute atomic E-state index is 6.32. The molecule has 1 N–H and O–H groups in total. The molecule has 3 heteroatoms. The average Bonchev–Trinajstić information content (AvgIpc) is 2.43. The summed E-state index contributed by atoms with van der Waals surface area (Å²) in [5.74, 6) is 0. The van der Waals surface area contributed by atoms with E-state index >= 15 is 0 Å². The third-order valence-corrected chi connectivity index (χ3v) is 3.83. The molecule has 0 aromatic heterocycles. The average molecular weight is 267 g/mol. The third kappa shape index (κ3) is 3.71. The molecule has 100 valence electrons. The summed E-state index contributed by atoms with van der Waals surface area (Å²) in [5, 5.41) is 4.48. The first-order valence-corrected chi connectivity index (χ1v) is 7.06. The van der Waals surface area contributed by atoms with Gasteiger partial charge in [-0.05, 0) is 57.5 Å². The molecular formula is C15H23ClN2. The van der Waals surface area contributed by atoms with E-state index in [1.807, 2.05) is 0 Å². The van der Waals surface area contributed by atoms with Crippen LogP contribution < -0.4 is 5.32 Å². The van der Waals surface area contributed by atoms with E-state index in [0.29, 0.717) is 0 Å². The second-order valence-electron chi connectivity index (χ2n) is 5.97. The Morgan fingerprint density at radius 1 is 1.39 bits per heavy atom. The predicted molar refractivity (Wildman–Crippen MR) is 78.2 cm³/mol. The van der Waals surface area contributed by atoms with Crippen molar-refractivity contribution in [3.63, 3.8) is 0 Å². The highest BCUT2D eigenvalue weighted by Crippen LogP contribution is 2.21. The van der Waals surface area contributed by atoms with E-state index in [1.165, 1.54) is 17.5 Å².